The van der Waals surface area contributed by atoms with Gasteiger partial charge < -0.3 is 15.7 Å². The zero-order valence-corrected chi connectivity index (χ0v) is 15.3. The molecular formula is C17H26N4O4. The topological polar surface area (TPSA) is 121 Å². The van der Waals surface area contributed by atoms with Crippen molar-refractivity contribution in [2.24, 2.45) is 5.92 Å². The first-order valence-electron chi connectivity index (χ1n) is 8.25. The Morgan fingerprint density at radius 1 is 1.20 bits per heavy atom. The van der Waals surface area contributed by atoms with Crippen molar-refractivity contribution in [1.82, 2.24) is 20.6 Å². The number of nitrogens with zero attached hydrogens (tertiary/aromatic N) is 2. The van der Waals surface area contributed by atoms with Gasteiger partial charge in [-0.15, -0.1) is 0 Å². The average Bonchev–Trinajstić information content (AvgIpc) is 2.51. The Bertz CT molecular complexity index is 644. The van der Waals surface area contributed by atoms with Crippen LogP contribution < -0.4 is 10.6 Å². The molecule has 0 aliphatic rings. The van der Waals surface area contributed by atoms with Crippen molar-refractivity contribution in [3.8, 4) is 0 Å². The number of amides is 2. The van der Waals surface area contributed by atoms with Gasteiger partial charge in [0.1, 0.15) is 11.9 Å². The Balaban J connectivity index is 2.70. The highest BCUT2D eigenvalue weighted by Crippen LogP contribution is 2.16. The van der Waals surface area contributed by atoms with E-state index in [0.29, 0.717) is 23.5 Å². The number of hydrogen-bond donors (Lipinski definition) is 3. The number of nitrogens with one attached hydrogen (secondary N) is 2. The van der Waals surface area contributed by atoms with Gasteiger partial charge in [-0.2, -0.15) is 0 Å². The lowest BCUT2D eigenvalue weighted by Crippen LogP contribution is -2.46. The molecular weight excluding hydrogens is 324 g/mol. The second-order valence-electron chi connectivity index (χ2n) is 6.64. The van der Waals surface area contributed by atoms with Crippen molar-refractivity contribution < 1.29 is 19.5 Å². The first-order valence-corrected chi connectivity index (χ1v) is 8.25. The third-order valence-corrected chi connectivity index (χ3v) is 3.48. The number of carboxylic acid groups (broad SMARTS) is 1. The van der Waals surface area contributed by atoms with E-state index in [9.17, 15) is 14.4 Å². The summed E-state index contributed by atoms with van der Waals surface area (Å²) in [5.74, 6) is -1.40. The Hall–Kier alpha value is -2.51. The molecule has 1 rings (SSSR count). The van der Waals surface area contributed by atoms with E-state index >= 15 is 0 Å². The Morgan fingerprint density at radius 2 is 1.84 bits per heavy atom. The summed E-state index contributed by atoms with van der Waals surface area (Å²) in [5.41, 5.74) is 0.916. The first kappa shape index (κ1) is 20.5. The minimum atomic E-state index is -1.09. The molecule has 25 heavy (non-hydrogen) atoms. The maximum atomic E-state index is 12.3. The number of aliphatic carboxylic acids is 1. The van der Waals surface area contributed by atoms with E-state index in [1.807, 2.05) is 27.7 Å². The smallest absolute Gasteiger partial charge is 0.326 e. The second kappa shape index (κ2) is 9.10. The van der Waals surface area contributed by atoms with Crippen molar-refractivity contribution in [3.63, 3.8) is 0 Å². The normalized spacial score (nSPS) is 12.1. The number of carbonyl (C=O) groups excluding carboxylic acids is 2. The molecule has 8 nitrogen and oxygen atoms in total. The van der Waals surface area contributed by atoms with E-state index in [-0.39, 0.29) is 18.4 Å². The van der Waals surface area contributed by atoms with Crippen LogP contribution in [0.15, 0.2) is 6.20 Å². The summed E-state index contributed by atoms with van der Waals surface area (Å²) in [6.07, 6.45) is 1.75. The number of carboxylic acids is 1. The quantitative estimate of drug-likeness (QED) is 0.649. The molecule has 1 aromatic rings. The number of rotatable bonds is 8. The number of aromatic nitrogens is 2. The van der Waals surface area contributed by atoms with E-state index in [0.717, 1.165) is 0 Å². The van der Waals surface area contributed by atoms with Gasteiger partial charge in [-0.3, -0.25) is 9.59 Å². The van der Waals surface area contributed by atoms with Crippen molar-refractivity contribution in [2.75, 3.05) is 6.54 Å². The lowest BCUT2D eigenvalue weighted by molar-refractivity contribution is -0.142. The molecule has 0 spiro atoms. The molecule has 1 aromatic heterocycles. The van der Waals surface area contributed by atoms with E-state index in [1.165, 1.54) is 6.20 Å². The number of carbonyl (C=O) groups is 3. The van der Waals surface area contributed by atoms with Crippen LogP contribution in [0.2, 0.25) is 0 Å². The van der Waals surface area contributed by atoms with Gasteiger partial charge in [0.25, 0.3) is 5.91 Å². The van der Waals surface area contributed by atoms with Crippen molar-refractivity contribution in [1.29, 1.82) is 0 Å². The zero-order chi connectivity index (χ0) is 19.1. The van der Waals surface area contributed by atoms with Crippen molar-refractivity contribution in [2.45, 2.75) is 53.0 Å². The maximum Gasteiger partial charge on any atom is 0.326 e. The molecule has 0 aromatic carbocycles. The molecule has 0 aliphatic carbocycles. The molecule has 0 saturated heterocycles. The Morgan fingerprint density at radius 3 is 2.36 bits per heavy atom. The highest BCUT2D eigenvalue weighted by atomic mass is 16.4. The fourth-order valence-corrected chi connectivity index (χ4v) is 2.30. The third kappa shape index (κ3) is 6.48. The molecule has 1 heterocycles. The van der Waals surface area contributed by atoms with Crippen LogP contribution in [-0.4, -0.2) is 45.4 Å². The van der Waals surface area contributed by atoms with E-state index in [1.54, 1.807) is 6.92 Å². The summed E-state index contributed by atoms with van der Waals surface area (Å²) in [6, 6.07) is -0.974. The molecule has 0 fully saturated rings. The lowest BCUT2D eigenvalue weighted by atomic mass is 10.0. The summed E-state index contributed by atoms with van der Waals surface area (Å²) < 4.78 is 0. The summed E-state index contributed by atoms with van der Waals surface area (Å²) in [5, 5.41) is 14.0. The highest BCUT2D eigenvalue weighted by molar-refractivity contribution is 5.97. The van der Waals surface area contributed by atoms with Crippen LogP contribution in [0.4, 0.5) is 0 Å². The molecule has 8 heteroatoms. The average molecular weight is 350 g/mol. The Kier molecular flexibility index (Phi) is 7.47. The third-order valence-electron chi connectivity index (χ3n) is 3.48. The summed E-state index contributed by atoms with van der Waals surface area (Å²) in [6.45, 7) is 8.99. The summed E-state index contributed by atoms with van der Waals surface area (Å²) in [4.78, 5) is 43.7. The molecule has 0 aliphatic heterocycles. The highest BCUT2D eigenvalue weighted by Gasteiger charge is 2.22. The molecule has 138 valence electrons. The van der Waals surface area contributed by atoms with Gasteiger partial charge in [-0.25, -0.2) is 14.8 Å². The fraction of sp³-hybridized carbons (Fsp3) is 0.588. The van der Waals surface area contributed by atoms with Crippen LogP contribution in [0.5, 0.6) is 0 Å². The molecule has 1 atom stereocenters. The zero-order valence-electron chi connectivity index (χ0n) is 15.3. The van der Waals surface area contributed by atoms with Crippen LogP contribution in [0.3, 0.4) is 0 Å². The van der Waals surface area contributed by atoms with Gasteiger partial charge >= 0.3 is 5.97 Å². The Labute approximate surface area is 147 Å². The molecule has 0 bridgehead atoms. The summed E-state index contributed by atoms with van der Waals surface area (Å²) >= 11 is 0. The van der Waals surface area contributed by atoms with Crippen LogP contribution in [0.25, 0.3) is 0 Å². The van der Waals surface area contributed by atoms with Crippen molar-refractivity contribution >= 4 is 17.8 Å². The molecule has 0 unspecified atom stereocenters. The van der Waals surface area contributed by atoms with Crippen LogP contribution in [-0.2, 0) is 9.59 Å². The van der Waals surface area contributed by atoms with E-state index in [4.69, 9.17) is 5.11 Å². The van der Waals surface area contributed by atoms with Gasteiger partial charge in [0.2, 0.25) is 5.91 Å². The van der Waals surface area contributed by atoms with Gasteiger partial charge in [0.15, 0.2) is 0 Å². The molecule has 3 N–H and O–H groups in total. The van der Waals surface area contributed by atoms with Crippen LogP contribution in [0, 0.1) is 12.8 Å². The van der Waals surface area contributed by atoms with Crippen molar-refractivity contribution in [3.05, 3.63) is 23.3 Å². The molecule has 0 saturated carbocycles. The minimum Gasteiger partial charge on any atom is -0.480 e. The van der Waals surface area contributed by atoms with Crippen LogP contribution in [0.1, 0.15) is 61.9 Å². The largest absolute Gasteiger partial charge is 0.480 e. The van der Waals surface area contributed by atoms with Gasteiger partial charge in [-0.1, -0.05) is 27.7 Å². The van der Waals surface area contributed by atoms with Gasteiger partial charge in [0, 0.05) is 6.20 Å². The summed E-state index contributed by atoms with van der Waals surface area (Å²) in [7, 11) is 0. The predicted octanol–water partition coefficient (Wildman–Crippen LogP) is 1.25. The van der Waals surface area contributed by atoms with E-state index < -0.39 is 23.8 Å². The SMILES string of the molecule is Cc1ncc(C(=O)NCC(=O)N[C@@H](CC(C)C)C(=O)O)c(C(C)C)n1. The first-order chi connectivity index (χ1) is 11.6. The number of aryl methyl sites for hydroxylation is 1. The van der Waals surface area contributed by atoms with Crippen LogP contribution >= 0.6 is 0 Å². The van der Waals surface area contributed by atoms with Gasteiger partial charge in [0.05, 0.1) is 17.8 Å². The maximum absolute atomic E-state index is 12.3. The monoisotopic (exact) mass is 350 g/mol. The van der Waals surface area contributed by atoms with E-state index in [2.05, 4.69) is 20.6 Å². The molecule has 0 radical (unpaired) electrons. The minimum absolute atomic E-state index is 0.0266. The lowest BCUT2D eigenvalue weighted by Gasteiger charge is -2.17. The predicted molar refractivity (Wildman–Crippen MR) is 92.2 cm³/mol. The van der Waals surface area contributed by atoms with Gasteiger partial charge in [-0.05, 0) is 25.2 Å². The second-order valence-corrected chi connectivity index (χ2v) is 6.64. The number of hydrogen-bond acceptors (Lipinski definition) is 5. The fourth-order valence-electron chi connectivity index (χ4n) is 2.30. The molecule has 2 amide bonds. The standard InChI is InChI=1S/C17H26N4O4/c1-9(2)6-13(17(24)25)21-14(22)8-19-16(23)12-7-18-11(5)20-15(12)10(3)4/h7,9-10,13H,6,8H2,1-5H3,(H,19,23)(H,21,22)(H,24,25)/t13-/m0/s1.